The Morgan fingerprint density at radius 2 is 2.22 bits per heavy atom. The molecule has 0 aliphatic heterocycles. The summed E-state index contributed by atoms with van der Waals surface area (Å²) in [6.45, 7) is 0. The molecule has 0 atom stereocenters. The van der Waals surface area contributed by atoms with Crippen molar-refractivity contribution in [3.8, 4) is 22.9 Å². The monoisotopic (exact) mass is 241 g/mol. The van der Waals surface area contributed by atoms with Gasteiger partial charge in [-0.25, -0.2) is 15.0 Å². The number of aromatic amines is 1. The average molecular weight is 241 g/mol. The first-order chi connectivity index (χ1) is 8.72. The Morgan fingerprint density at radius 1 is 1.33 bits per heavy atom. The highest BCUT2D eigenvalue weighted by Gasteiger charge is 2.09. The first-order valence-electron chi connectivity index (χ1n) is 5.36. The molecule has 0 aliphatic carbocycles. The predicted molar refractivity (Wildman–Crippen MR) is 66.2 cm³/mol. The number of nitrogens with one attached hydrogen (secondary N) is 1. The van der Waals surface area contributed by atoms with Crippen molar-refractivity contribution in [1.82, 2.24) is 29.7 Å². The van der Waals surface area contributed by atoms with Gasteiger partial charge in [-0.2, -0.15) is 5.10 Å². The second-order valence-electron chi connectivity index (χ2n) is 3.84. The van der Waals surface area contributed by atoms with Crippen LogP contribution in [0.15, 0.2) is 30.9 Å². The number of aryl methyl sites for hydroxylation is 1. The van der Waals surface area contributed by atoms with E-state index in [4.69, 9.17) is 5.73 Å². The van der Waals surface area contributed by atoms with Crippen LogP contribution in [0.3, 0.4) is 0 Å². The Hall–Kier alpha value is -2.70. The van der Waals surface area contributed by atoms with Crippen LogP contribution < -0.4 is 5.73 Å². The molecule has 0 fully saturated rings. The van der Waals surface area contributed by atoms with E-state index in [9.17, 15) is 0 Å². The highest BCUT2D eigenvalue weighted by molar-refractivity contribution is 5.63. The molecule has 0 spiro atoms. The largest absolute Gasteiger partial charge is 0.384 e. The molecule has 0 aliphatic rings. The number of rotatable bonds is 2. The van der Waals surface area contributed by atoms with Crippen LogP contribution in [0.5, 0.6) is 0 Å². The molecule has 3 N–H and O–H groups in total. The van der Waals surface area contributed by atoms with Gasteiger partial charge < -0.3 is 10.7 Å². The molecule has 3 aromatic heterocycles. The van der Waals surface area contributed by atoms with E-state index in [1.54, 1.807) is 29.3 Å². The first-order valence-corrected chi connectivity index (χ1v) is 5.36. The van der Waals surface area contributed by atoms with Gasteiger partial charge in [0, 0.05) is 37.3 Å². The predicted octanol–water partition coefficient (Wildman–Crippen LogP) is 0.849. The van der Waals surface area contributed by atoms with E-state index in [0.717, 1.165) is 11.3 Å². The molecular weight excluding hydrogens is 230 g/mol. The molecule has 18 heavy (non-hydrogen) atoms. The van der Waals surface area contributed by atoms with Crippen molar-refractivity contribution in [2.45, 2.75) is 0 Å². The molecule has 0 unspecified atom stereocenters. The van der Waals surface area contributed by atoms with Gasteiger partial charge in [-0.15, -0.1) is 0 Å². The fourth-order valence-corrected chi connectivity index (χ4v) is 1.66. The van der Waals surface area contributed by atoms with Gasteiger partial charge in [0.15, 0.2) is 11.6 Å². The standard InChI is InChI=1S/C11H11N7/c1-18-6-7(5-15-18)8-4-9(12)17-11(16-8)10-13-2-3-14-10/h2-6H,1H3,(H,13,14)(H2,12,16,17). The molecule has 0 radical (unpaired) electrons. The number of nitrogen functional groups attached to an aromatic ring is 1. The highest BCUT2D eigenvalue weighted by Crippen LogP contribution is 2.20. The summed E-state index contributed by atoms with van der Waals surface area (Å²) in [4.78, 5) is 15.6. The Kier molecular flexibility index (Phi) is 2.30. The molecule has 0 amide bonds. The quantitative estimate of drug-likeness (QED) is 0.693. The third-order valence-corrected chi connectivity index (χ3v) is 2.46. The van der Waals surface area contributed by atoms with Gasteiger partial charge in [-0.1, -0.05) is 0 Å². The molecule has 0 saturated carbocycles. The van der Waals surface area contributed by atoms with Crippen LogP contribution in [-0.4, -0.2) is 29.7 Å². The molecule has 7 heteroatoms. The summed E-state index contributed by atoms with van der Waals surface area (Å²) in [7, 11) is 1.85. The minimum atomic E-state index is 0.398. The fourth-order valence-electron chi connectivity index (χ4n) is 1.66. The number of nitrogens with two attached hydrogens (primary N) is 1. The smallest absolute Gasteiger partial charge is 0.198 e. The van der Waals surface area contributed by atoms with Gasteiger partial charge in [0.05, 0.1) is 11.9 Å². The lowest BCUT2D eigenvalue weighted by atomic mass is 10.2. The highest BCUT2D eigenvalue weighted by atomic mass is 15.2. The number of nitrogens with zero attached hydrogens (tertiary/aromatic N) is 5. The van der Waals surface area contributed by atoms with Gasteiger partial charge in [0.2, 0.25) is 0 Å². The number of hydrogen-bond donors (Lipinski definition) is 2. The first kappa shape index (κ1) is 10.5. The lowest BCUT2D eigenvalue weighted by Gasteiger charge is -2.02. The summed E-state index contributed by atoms with van der Waals surface area (Å²) in [6.07, 6.45) is 6.96. The maximum Gasteiger partial charge on any atom is 0.198 e. The zero-order valence-corrected chi connectivity index (χ0v) is 9.70. The molecule has 0 aromatic carbocycles. The molecule has 7 nitrogen and oxygen atoms in total. The summed E-state index contributed by atoms with van der Waals surface area (Å²) >= 11 is 0. The van der Waals surface area contributed by atoms with Crippen LogP contribution in [0, 0.1) is 0 Å². The Labute approximate surface area is 103 Å². The summed E-state index contributed by atoms with van der Waals surface area (Å²) in [5, 5.41) is 4.11. The summed E-state index contributed by atoms with van der Waals surface area (Å²) in [5.41, 5.74) is 7.40. The van der Waals surface area contributed by atoms with Crippen LogP contribution in [0.1, 0.15) is 0 Å². The lowest BCUT2D eigenvalue weighted by Crippen LogP contribution is -1.98. The van der Waals surface area contributed by atoms with Crippen molar-refractivity contribution in [2.75, 3.05) is 5.73 Å². The van der Waals surface area contributed by atoms with E-state index in [0.29, 0.717) is 17.5 Å². The lowest BCUT2D eigenvalue weighted by molar-refractivity contribution is 0.768. The zero-order valence-electron chi connectivity index (χ0n) is 9.70. The van der Waals surface area contributed by atoms with Crippen LogP contribution in [0.2, 0.25) is 0 Å². The second-order valence-corrected chi connectivity index (χ2v) is 3.84. The maximum absolute atomic E-state index is 5.79. The average Bonchev–Trinajstić information content (AvgIpc) is 2.98. The third-order valence-electron chi connectivity index (χ3n) is 2.46. The van der Waals surface area contributed by atoms with E-state index in [1.165, 1.54) is 0 Å². The summed E-state index contributed by atoms with van der Waals surface area (Å²) in [6, 6.07) is 1.71. The van der Waals surface area contributed by atoms with Crippen molar-refractivity contribution in [2.24, 2.45) is 7.05 Å². The normalized spacial score (nSPS) is 10.7. The summed E-state index contributed by atoms with van der Waals surface area (Å²) in [5.74, 6) is 1.46. The third kappa shape index (κ3) is 1.81. The SMILES string of the molecule is Cn1cc(-c2cc(N)nc(-c3ncc[nH]3)n2)cn1. The van der Waals surface area contributed by atoms with E-state index in [2.05, 4.69) is 25.0 Å². The van der Waals surface area contributed by atoms with E-state index >= 15 is 0 Å². The molecule has 0 bridgehead atoms. The van der Waals surface area contributed by atoms with Crippen LogP contribution in [0.25, 0.3) is 22.9 Å². The maximum atomic E-state index is 5.79. The number of imidazole rings is 1. The van der Waals surface area contributed by atoms with Gasteiger partial charge in [0.25, 0.3) is 0 Å². The van der Waals surface area contributed by atoms with E-state index in [1.807, 2.05) is 13.2 Å². The molecule has 3 heterocycles. The van der Waals surface area contributed by atoms with Crippen LogP contribution in [-0.2, 0) is 7.05 Å². The zero-order chi connectivity index (χ0) is 12.5. The number of H-pyrrole nitrogens is 1. The van der Waals surface area contributed by atoms with Crippen molar-refractivity contribution < 1.29 is 0 Å². The topological polar surface area (TPSA) is 98.3 Å². The Bertz CT molecular complexity index is 669. The van der Waals surface area contributed by atoms with Crippen LogP contribution in [0.4, 0.5) is 5.82 Å². The van der Waals surface area contributed by atoms with Crippen molar-refractivity contribution in [3.63, 3.8) is 0 Å². The fraction of sp³-hybridized carbons (Fsp3) is 0.0909. The van der Waals surface area contributed by atoms with Crippen molar-refractivity contribution in [3.05, 3.63) is 30.9 Å². The minimum Gasteiger partial charge on any atom is -0.384 e. The molecule has 3 rings (SSSR count). The van der Waals surface area contributed by atoms with Gasteiger partial charge in [0.1, 0.15) is 5.82 Å². The number of anilines is 1. The Balaban J connectivity index is 2.11. The van der Waals surface area contributed by atoms with Gasteiger partial charge >= 0.3 is 0 Å². The van der Waals surface area contributed by atoms with Crippen LogP contribution >= 0.6 is 0 Å². The molecule has 90 valence electrons. The molecular formula is C11H11N7. The Morgan fingerprint density at radius 3 is 2.89 bits per heavy atom. The second kappa shape index (κ2) is 3.95. The van der Waals surface area contributed by atoms with Crippen molar-refractivity contribution in [1.29, 1.82) is 0 Å². The number of aromatic nitrogens is 6. The molecule has 0 saturated heterocycles. The van der Waals surface area contributed by atoms with E-state index in [-0.39, 0.29) is 0 Å². The van der Waals surface area contributed by atoms with Gasteiger partial charge in [-0.3, -0.25) is 4.68 Å². The van der Waals surface area contributed by atoms with E-state index < -0.39 is 0 Å². The molecule has 3 aromatic rings. The number of hydrogen-bond acceptors (Lipinski definition) is 5. The summed E-state index contributed by atoms with van der Waals surface area (Å²) < 4.78 is 1.71. The van der Waals surface area contributed by atoms with Gasteiger partial charge in [-0.05, 0) is 0 Å². The van der Waals surface area contributed by atoms with Crippen molar-refractivity contribution >= 4 is 5.82 Å². The minimum absolute atomic E-state index is 0.398.